The first-order valence-corrected chi connectivity index (χ1v) is 16.5. The van der Waals surface area contributed by atoms with Crippen LogP contribution < -0.4 is 4.72 Å². The monoisotopic (exact) mass is 608 g/mol. The molecule has 0 saturated heterocycles. The Morgan fingerprint density at radius 2 is 1.79 bits per heavy atom. The number of nitrogens with one attached hydrogen (secondary N) is 1. The first kappa shape index (κ1) is 29.7. The van der Waals surface area contributed by atoms with Crippen molar-refractivity contribution in [2.75, 3.05) is 47.5 Å². The van der Waals surface area contributed by atoms with Crippen molar-refractivity contribution in [3.05, 3.63) is 70.7 Å². The fraction of sp³-hybridized carbons (Fsp3) is 0.500. The first-order valence-electron chi connectivity index (χ1n) is 15.1. The number of likely N-dealkylation sites (N-methyl/N-ethyl adjacent to an activating group) is 2. The van der Waals surface area contributed by atoms with Crippen molar-refractivity contribution in [3.8, 4) is 0 Å². The number of aromatic nitrogens is 1. The van der Waals surface area contributed by atoms with Crippen molar-refractivity contribution in [1.82, 2.24) is 18.5 Å². The van der Waals surface area contributed by atoms with Crippen LogP contribution in [0, 0.1) is 5.92 Å². The van der Waals surface area contributed by atoms with Gasteiger partial charge >= 0.3 is 10.2 Å². The van der Waals surface area contributed by atoms with Crippen molar-refractivity contribution in [2.45, 2.75) is 50.5 Å². The third-order valence-corrected chi connectivity index (χ3v) is 10.8. The van der Waals surface area contributed by atoms with Crippen LogP contribution >= 0.6 is 0 Å². The van der Waals surface area contributed by atoms with Crippen LogP contribution in [-0.4, -0.2) is 81.5 Å². The van der Waals surface area contributed by atoms with E-state index in [2.05, 4.69) is 27.5 Å². The second-order valence-electron chi connectivity index (χ2n) is 12.0. The molecule has 1 aromatic carbocycles. The maximum Gasteiger partial charge on any atom is 0.303 e. The van der Waals surface area contributed by atoms with Crippen LogP contribution in [0.15, 0.2) is 53.8 Å². The van der Waals surface area contributed by atoms with Crippen LogP contribution in [0.25, 0.3) is 10.9 Å². The van der Waals surface area contributed by atoms with Crippen molar-refractivity contribution < 1.29 is 27.5 Å². The zero-order valence-corrected chi connectivity index (χ0v) is 25.9. The van der Waals surface area contributed by atoms with Crippen LogP contribution in [0.5, 0.6) is 0 Å². The molecule has 6 rings (SSSR count). The number of benzene rings is 1. The van der Waals surface area contributed by atoms with E-state index >= 15 is 0 Å². The molecule has 230 valence electrons. The number of ether oxygens (including phenoxy) is 2. The van der Waals surface area contributed by atoms with Gasteiger partial charge in [-0.3, -0.25) is 9.59 Å². The molecule has 2 aliphatic heterocycles. The third-order valence-electron chi connectivity index (χ3n) is 9.31. The Kier molecular flexibility index (Phi) is 8.23. The number of hydrogen-bond acceptors (Lipinski definition) is 6. The maximum atomic E-state index is 13.9. The highest BCUT2D eigenvalue weighted by Gasteiger charge is 2.36. The number of amides is 2. The summed E-state index contributed by atoms with van der Waals surface area (Å²) < 4.78 is 42.7. The van der Waals surface area contributed by atoms with Gasteiger partial charge in [-0.15, -0.1) is 0 Å². The smallest absolute Gasteiger partial charge is 0.303 e. The molecule has 1 N–H and O–H groups in total. The molecule has 0 radical (unpaired) electrons. The summed E-state index contributed by atoms with van der Waals surface area (Å²) in [5, 5.41) is 1.06. The van der Waals surface area contributed by atoms with Gasteiger partial charge in [-0.25, -0.2) is 4.72 Å². The molecule has 4 bridgehead atoms. The van der Waals surface area contributed by atoms with Gasteiger partial charge in [0.25, 0.3) is 11.8 Å². The highest BCUT2D eigenvalue weighted by molar-refractivity contribution is 7.87. The van der Waals surface area contributed by atoms with Gasteiger partial charge in [0.05, 0.1) is 26.9 Å². The second-order valence-corrected chi connectivity index (χ2v) is 13.8. The van der Waals surface area contributed by atoms with Gasteiger partial charge < -0.3 is 18.9 Å². The largest absolute Gasteiger partial charge is 0.497 e. The Labute approximate surface area is 253 Å². The number of hydrogen-bond donors (Lipinski definition) is 1. The fourth-order valence-electron chi connectivity index (χ4n) is 6.94. The summed E-state index contributed by atoms with van der Waals surface area (Å²) in [6, 6.07) is 5.46. The molecule has 1 fully saturated rings. The van der Waals surface area contributed by atoms with Crippen LogP contribution in [0.3, 0.4) is 0 Å². The van der Waals surface area contributed by atoms with E-state index in [-0.39, 0.29) is 43.1 Å². The van der Waals surface area contributed by atoms with E-state index < -0.39 is 16.1 Å². The lowest BCUT2D eigenvalue weighted by Gasteiger charge is -2.28. The zero-order valence-electron chi connectivity index (χ0n) is 25.0. The Morgan fingerprint density at radius 3 is 2.56 bits per heavy atom. The predicted octanol–water partition coefficient (Wildman–Crippen LogP) is 3.82. The van der Waals surface area contributed by atoms with Crippen LogP contribution in [0.1, 0.15) is 65.6 Å². The molecule has 2 aromatic rings. The van der Waals surface area contributed by atoms with Crippen molar-refractivity contribution in [1.29, 1.82) is 0 Å². The number of methoxy groups -OCH3 is 1. The number of nitrogens with zero attached hydrogens (tertiary/aromatic N) is 3. The number of allylic oxidation sites excluding steroid dienone is 4. The van der Waals surface area contributed by atoms with Gasteiger partial charge in [0, 0.05) is 66.8 Å². The molecule has 1 aromatic heterocycles. The normalized spacial score (nSPS) is 25.6. The van der Waals surface area contributed by atoms with Crippen LogP contribution in [0.2, 0.25) is 0 Å². The molecule has 1 saturated carbocycles. The molecule has 10 nitrogen and oxygen atoms in total. The Balaban J connectivity index is 1.57. The Hall–Kier alpha value is -3.41. The van der Waals surface area contributed by atoms with Gasteiger partial charge in [0.2, 0.25) is 0 Å². The standard InChI is InChI=1S/C32H40N4O6S/c1-34-13-15-42-16-14-35(2)43(39,40)33-31(37)22-9-11-27-28(19-22)36-20-24(32(34)38)17-23-18-25(41-3)10-12-26(23)30(36)29(27)21-7-5-4-6-8-21/h9-12,17-19,21,23,26H,4-8,13-16,20H2,1-3H3,(H,33,37). The summed E-state index contributed by atoms with van der Waals surface area (Å²) in [6.45, 7) is 1.14. The fourth-order valence-corrected chi connectivity index (χ4v) is 7.76. The van der Waals surface area contributed by atoms with Crippen molar-refractivity contribution >= 4 is 32.9 Å². The summed E-state index contributed by atoms with van der Waals surface area (Å²) in [5.74, 6) is 0.213. The molecule has 2 unspecified atom stereocenters. The van der Waals surface area contributed by atoms with E-state index in [9.17, 15) is 18.0 Å². The average molecular weight is 609 g/mol. The molecule has 2 aliphatic carbocycles. The number of fused-ring (bicyclic) bond motifs is 4. The minimum absolute atomic E-state index is 0.0286. The summed E-state index contributed by atoms with van der Waals surface area (Å²) in [6.07, 6.45) is 14.0. The molecule has 4 aliphatic rings. The zero-order chi connectivity index (χ0) is 30.3. The quantitative estimate of drug-likeness (QED) is 0.555. The highest BCUT2D eigenvalue weighted by atomic mass is 32.2. The summed E-state index contributed by atoms with van der Waals surface area (Å²) >= 11 is 0. The van der Waals surface area contributed by atoms with Gasteiger partial charge in [-0.05, 0) is 48.6 Å². The Morgan fingerprint density at radius 1 is 1.02 bits per heavy atom. The lowest BCUT2D eigenvalue weighted by atomic mass is 9.77. The van der Waals surface area contributed by atoms with E-state index in [0.717, 1.165) is 52.3 Å². The second kappa shape index (κ2) is 11.9. The average Bonchev–Trinajstić information content (AvgIpc) is 3.22. The summed E-state index contributed by atoms with van der Waals surface area (Å²) in [4.78, 5) is 28.9. The highest BCUT2D eigenvalue weighted by Crippen LogP contribution is 2.47. The molecule has 3 heterocycles. The van der Waals surface area contributed by atoms with Gasteiger partial charge in [-0.2, -0.15) is 12.7 Å². The predicted molar refractivity (Wildman–Crippen MR) is 164 cm³/mol. The molecule has 43 heavy (non-hydrogen) atoms. The molecule has 2 atom stereocenters. The minimum atomic E-state index is -4.08. The van der Waals surface area contributed by atoms with Crippen LogP contribution in [0.4, 0.5) is 0 Å². The van der Waals surface area contributed by atoms with E-state index in [1.807, 2.05) is 12.1 Å². The molecule has 0 spiro atoms. The first-order chi connectivity index (χ1) is 20.7. The lowest BCUT2D eigenvalue weighted by molar-refractivity contribution is -0.126. The Bertz CT molecular complexity index is 1630. The van der Waals surface area contributed by atoms with Crippen LogP contribution in [-0.2, 0) is 31.0 Å². The van der Waals surface area contributed by atoms with E-state index in [0.29, 0.717) is 24.6 Å². The number of rotatable bonds is 2. The third kappa shape index (κ3) is 5.65. The SMILES string of the molecule is COC1=CC2C=C3Cn4c(c(C5CCCCC5)c5ccc(cc54)C(=O)NS(=O)(=O)N(C)CCOCCN(C)C3=O)C2C=C1. The number of carbonyl (C=O) groups is 2. The van der Waals surface area contributed by atoms with E-state index in [4.69, 9.17) is 9.47 Å². The van der Waals surface area contributed by atoms with Gasteiger partial charge in [0.15, 0.2) is 0 Å². The molecule has 2 amide bonds. The lowest BCUT2D eigenvalue weighted by Crippen LogP contribution is -2.42. The van der Waals surface area contributed by atoms with E-state index in [1.165, 1.54) is 19.0 Å². The maximum absolute atomic E-state index is 13.9. The summed E-state index contributed by atoms with van der Waals surface area (Å²) in [5.41, 5.74) is 4.17. The molecule has 11 heteroatoms. The minimum Gasteiger partial charge on any atom is -0.497 e. The molecular formula is C32H40N4O6S. The van der Waals surface area contributed by atoms with E-state index in [1.54, 1.807) is 31.2 Å². The topological polar surface area (TPSA) is 110 Å². The van der Waals surface area contributed by atoms with Crippen molar-refractivity contribution in [2.24, 2.45) is 5.92 Å². The summed E-state index contributed by atoms with van der Waals surface area (Å²) in [7, 11) is 0.742. The van der Waals surface area contributed by atoms with Crippen molar-refractivity contribution in [3.63, 3.8) is 0 Å². The van der Waals surface area contributed by atoms with Gasteiger partial charge in [0.1, 0.15) is 5.76 Å². The molecular weight excluding hydrogens is 568 g/mol. The number of carbonyl (C=O) groups excluding carboxylic acids is 2. The van der Waals surface area contributed by atoms with Gasteiger partial charge in [-0.1, -0.05) is 37.5 Å².